The van der Waals surface area contributed by atoms with Gasteiger partial charge in [0.15, 0.2) is 5.78 Å². The lowest BCUT2D eigenvalue weighted by Crippen LogP contribution is -2.21. The zero-order valence-electron chi connectivity index (χ0n) is 9.45. The van der Waals surface area contributed by atoms with E-state index in [9.17, 15) is 4.79 Å². The summed E-state index contributed by atoms with van der Waals surface area (Å²) in [7, 11) is 0. The predicted molar refractivity (Wildman–Crippen MR) is 67.4 cm³/mol. The van der Waals surface area contributed by atoms with Crippen LogP contribution in [0.15, 0.2) is 22.9 Å². The van der Waals surface area contributed by atoms with Crippen LogP contribution < -0.4 is 0 Å². The Hall–Kier alpha value is -0.700. The highest BCUT2D eigenvalue weighted by Gasteiger charge is 2.25. The normalized spacial score (nSPS) is 25.4. The Morgan fingerprint density at radius 3 is 2.94 bits per heavy atom. The van der Waals surface area contributed by atoms with Gasteiger partial charge in [0.25, 0.3) is 0 Å². The van der Waals surface area contributed by atoms with Crippen LogP contribution in [0, 0.1) is 11.8 Å². The number of halogens is 1. The van der Waals surface area contributed by atoms with Gasteiger partial charge in [-0.15, -0.1) is 0 Å². The van der Waals surface area contributed by atoms with E-state index in [-0.39, 0.29) is 11.7 Å². The molecule has 1 saturated carbocycles. The molecule has 1 aromatic rings. The highest BCUT2D eigenvalue weighted by Crippen LogP contribution is 2.31. The van der Waals surface area contributed by atoms with Crippen molar-refractivity contribution >= 4 is 21.7 Å². The van der Waals surface area contributed by atoms with Gasteiger partial charge in [0.2, 0.25) is 0 Å². The molecule has 2 atom stereocenters. The van der Waals surface area contributed by atoms with E-state index in [1.807, 2.05) is 6.07 Å². The van der Waals surface area contributed by atoms with Crippen molar-refractivity contribution in [1.82, 2.24) is 4.98 Å². The predicted octanol–water partition coefficient (Wildman–Crippen LogP) is 3.85. The molecule has 0 spiro atoms. The van der Waals surface area contributed by atoms with E-state index >= 15 is 0 Å². The van der Waals surface area contributed by atoms with E-state index in [4.69, 9.17) is 0 Å². The van der Waals surface area contributed by atoms with Gasteiger partial charge < -0.3 is 0 Å². The van der Waals surface area contributed by atoms with E-state index in [0.717, 1.165) is 22.9 Å². The Morgan fingerprint density at radius 2 is 2.25 bits per heavy atom. The Morgan fingerprint density at radius 1 is 1.44 bits per heavy atom. The lowest BCUT2D eigenvalue weighted by atomic mass is 9.79. The van der Waals surface area contributed by atoms with E-state index in [2.05, 4.69) is 27.8 Å². The second-order valence-corrected chi connectivity index (χ2v) is 5.64. The number of Topliss-reactive ketones (excluding diaryl/α,β-unsaturated/α-hetero) is 1. The zero-order valence-corrected chi connectivity index (χ0v) is 11.0. The van der Waals surface area contributed by atoms with Crippen LogP contribution in [0.3, 0.4) is 0 Å². The van der Waals surface area contributed by atoms with Gasteiger partial charge in [-0.1, -0.05) is 19.8 Å². The molecule has 1 fully saturated rings. The van der Waals surface area contributed by atoms with Crippen LogP contribution in [0.1, 0.15) is 43.0 Å². The minimum Gasteiger partial charge on any atom is -0.294 e. The first-order chi connectivity index (χ1) is 7.66. The van der Waals surface area contributed by atoms with E-state index in [1.165, 1.54) is 12.8 Å². The van der Waals surface area contributed by atoms with Crippen LogP contribution in [-0.4, -0.2) is 10.8 Å². The molecule has 0 saturated heterocycles. The SMILES string of the molecule is CC1CCCC(C(=O)c2cncc(Br)c2)C1. The summed E-state index contributed by atoms with van der Waals surface area (Å²) in [4.78, 5) is 16.3. The number of carbonyl (C=O) groups excluding carboxylic acids is 1. The van der Waals surface area contributed by atoms with Gasteiger partial charge >= 0.3 is 0 Å². The molecular formula is C13H16BrNO. The molecule has 0 N–H and O–H groups in total. The largest absolute Gasteiger partial charge is 0.294 e. The topological polar surface area (TPSA) is 30.0 Å². The first kappa shape index (κ1) is 11.8. The number of ketones is 1. The Labute approximate surface area is 105 Å². The second-order valence-electron chi connectivity index (χ2n) is 4.72. The van der Waals surface area contributed by atoms with Crippen molar-refractivity contribution in [1.29, 1.82) is 0 Å². The summed E-state index contributed by atoms with van der Waals surface area (Å²) >= 11 is 3.35. The maximum Gasteiger partial charge on any atom is 0.167 e. The molecule has 2 rings (SSSR count). The van der Waals surface area contributed by atoms with Crippen LogP contribution in [0.25, 0.3) is 0 Å². The van der Waals surface area contributed by atoms with Crippen molar-refractivity contribution < 1.29 is 4.79 Å². The number of rotatable bonds is 2. The fourth-order valence-corrected chi connectivity index (χ4v) is 2.82. The van der Waals surface area contributed by atoms with Crippen LogP contribution in [0.2, 0.25) is 0 Å². The van der Waals surface area contributed by atoms with E-state index < -0.39 is 0 Å². The van der Waals surface area contributed by atoms with Crippen molar-refractivity contribution in [2.24, 2.45) is 11.8 Å². The average Bonchev–Trinajstić information content (AvgIpc) is 2.28. The van der Waals surface area contributed by atoms with Gasteiger partial charge in [-0.2, -0.15) is 0 Å². The van der Waals surface area contributed by atoms with Crippen molar-refractivity contribution in [2.75, 3.05) is 0 Å². The van der Waals surface area contributed by atoms with E-state index in [1.54, 1.807) is 12.4 Å². The minimum atomic E-state index is 0.208. The summed E-state index contributed by atoms with van der Waals surface area (Å²) in [5, 5.41) is 0. The monoisotopic (exact) mass is 281 g/mol. The third kappa shape index (κ3) is 2.70. The maximum atomic E-state index is 12.2. The molecule has 0 aliphatic heterocycles. The van der Waals surface area contributed by atoms with Crippen molar-refractivity contribution in [3.05, 3.63) is 28.5 Å². The lowest BCUT2D eigenvalue weighted by molar-refractivity contribution is 0.0868. The van der Waals surface area contributed by atoms with Crippen LogP contribution in [0.4, 0.5) is 0 Å². The van der Waals surface area contributed by atoms with Gasteiger partial charge in [-0.3, -0.25) is 9.78 Å². The first-order valence-corrected chi connectivity index (χ1v) is 6.61. The van der Waals surface area contributed by atoms with Gasteiger partial charge in [0, 0.05) is 28.3 Å². The number of hydrogen-bond donors (Lipinski definition) is 0. The summed E-state index contributed by atoms with van der Waals surface area (Å²) in [5.74, 6) is 1.16. The number of nitrogens with zero attached hydrogens (tertiary/aromatic N) is 1. The molecule has 0 aromatic carbocycles. The van der Waals surface area contributed by atoms with Crippen LogP contribution in [-0.2, 0) is 0 Å². The van der Waals surface area contributed by atoms with Crippen molar-refractivity contribution in [3.63, 3.8) is 0 Å². The van der Waals surface area contributed by atoms with Crippen LogP contribution in [0.5, 0.6) is 0 Å². The fraction of sp³-hybridized carbons (Fsp3) is 0.538. The summed E-state index contributed by atoms with van der Waals surface area (Å²) in [6.07, 6.45) is 7.90. The molecule has 1 aromatic heterocycles. The Kier molecular flexibility index (Phi) is 3.74. The Bertz CT molecular complexity index is 391. The van der Waals surface area contributed by atoms with Crippen LogP contribution >= 0.6 is 15.9 Å². The summed E-state index contributed by atoms with van der Waals surface area (Å²) < 4.78 is 0.877. The number of aromatic nitrogens is 1. The molecule has 1 aliphatic rings. The summed E-state index contributed by atoms with van der Waals surface area (Å²) in [6.45, 7) is 2.23. The molecule has 3 heteroatoms. The molecule has 1 aliphatic carbocycles. The smallest absolute Gasteiger partial charge is 0.167 e. The quantitative estimate of drug-likeness (QED) is 0.771. The van der Waals surface area contributed by atoms with Gasteiger partial charge in [-0.25, -0.2) is 0 Å². The third-order valence-electron chi connectivity index (χ3n) is 3.30. The van der Waals surface area contributed by atoms with Crippen molar-refractivity contribution in [2.45, 2.75) is 32.6 Å². The zero-order chi connectivity index (χ0) is 11.5. The molecule has 16 heavy (non-hydrogen) atoms. The molecule has 0 radical (unpaired) electrons. The molecule has 0 bridgehead atoms. The molecular weight excluding hydrogens is 266 g/mol. The number of carbonyl (C=O) groups is 1. The summed E-state index contributed by atoms with van der Waals surface area (Å²) in [6, 6.07) is 1.87. The van der Waals surface area contributed by atoms with Gasteiger partial charge in [0.05, 0.1) is 0 Å². The number of hydrogen-bond acceptors (Lipinski definition) is 2. The fourth-order valence-electron chi connectivity index (χ4n) is 2.45. The Balaban J connectivity index is 2.12. The van der Waals surface area contributed by atoms with E-state index in [0.29, 0.717) is 5.92 Å². The average molecular weight is 282 g/mol. The van der Waals surface area contributed by atoms with Gasteiger partial charge in [-0.05, 0) is 40.8 Å². The molecule has 1 heterocycles. The standard InChI is InChI=1S/C13H16BrNO/c1-9-3-2-4-10(5-9)13(16)11-6-12(14)8-15-7-11/h6-10H,2-5H2,1H3. The molecule has 0 amide bonds. The first-order valence-electron chi connectivity index (χ1n) is 5.81. The van der Waals surface area contributed by atoms with Gasteiger partial charge in [0.1, 0.15) is 0 Å². The lowest BCUT2D eigenvalue weighted by Gasteiger charge is -2.25. The second kappa shape index (κ2) is 5.09. The summed E-state index contributed by atoms with van der Waals surface area (Å²) in [5.41, 5.74) is 0.744. The highest BCUT2D eigenvalue weighted by atomic mass is 79.9. The third-order valence-corrected chi connectivity index (χ3v) is 3.73. The maximum absolute atomic E-state index is 12.2. The molecule has 86 valence electrons. The highest BCUT2D eigenvalue weighted by molar-refractivity contribution is 9.10. The molecule has 2 nitrogen and oxygen atoms in total. The molecule has 2 unspecified atom stereocenters. The van der Waals surface area contributed by atoms with Crippen molar-refractivity contribution in [3.8, 4) is 0 Å². The minimum absolute atomic E-state index is 0.208. The number of pyridine rings is 1.